The summed E-state index contributed by atoms with van der Waals surface area (Å²) in [4.78, 5) is 23.7. The van der Waals surface area contributed by atoms with Crippen molar-refractivity contribution in [1.82, 2.24) is 4.90 Å². The molecule has 0 N–H and O–H groups in total. The molecule has 0 rings (SSSR count). The van der Waals surface area contributed by atoms with Crippen molar-refractivity contribution in [2.24, 2.45) is 0 Å². The number of halogens is 2. The largest absolute Gasteiger partial charge is 0.378 e. The summed E-state index contributed by atoms with van der Waals surface area (Å²) in [6.45, 7) is 1.97. The van der Waals surface area contributed by atoms with E-state index in [0.717, 1.165) is 58.1 Å². The van der Waals surface area contributed by atoms with E-state index in [9.17, 15) is 9.59 Å². The second-order valence-corrected chi connectivity index (χ2v) is 9.17. The minimum absolute atomic E-state index is 0.220. The molecule has 0 radical (unpaired) electrons. The molecule has 0 heterocycles. The highest BCUT2D eigenvalue weighted by molar-refractivity contribution is 6.63. The fraction of sp³-hybridized carbons (Fsp3) is 0.913. The lowest BCUT2D eigenvalue weighted by Crippen LogP contribution is -2.16. The maximum Gasteiger partial charge on any atom is 0.221 e. The van der Waals surface area contributed by atoms with Crippen molar-refractivity contribution in [2.45, 2.75) is 109 Å². The van der Waals surface area contributed by atoms with E-state index >= 15 is 0 Å². The molecular formula is C23H43Cl2NO3. The standard InChI is InChI=1S/C23H43Cl2NO3/c1-26(2)19-13-14-20-29-21(15-9-5-3-7-11-17-22(24)27)16-10-6-4-8-12-18-23(25)28/h21H,3-20H2,1-2H3. The van der Waals surface area contributed by atoms with Crippen molar-refractivity contribution < 1.29 is 14.3 Å². The molecular weight excluding hydrogens is 409 g/mol. The Morgan fingerprint density at radius 1 is 0.690 bits per heavy atom. The van der Waals surface area contributed by atoms with Gasteiger partial charge in [0.15, 0.2) is 0 Å². The maximum atomic E-state index is 10.7. The minimum Gasteiger partial charge on any atom is -0.378 e. The molecule has 29 heavy (non-hydrogen) atoms. The molecule has 0 saturated carbocycles. The minimum atomic E-state index is -0.220. The van der Waals surface area contributed by atoms with Gasteiger partial charge in [-0.2, -0.15) is 0 Å². The molecule has 0 spiro atoms. The van der Waals surface area contributed by atoms with E-state index in [0.29, 0.717) is 18.9 Å². The van der Waals surface area contributed by atoms with Gasteiger partial charge in [-0.05, 0) is 82.4 Å². The first kappa shape index (κ1) is 28.8. The van der Waals surface area contributed by atoms with Crippen LogP contribution in [0.4, 0.5) is 0 Å². The van der Waals surface area contributed by atoms with Crippen molar-refractivity contribution in [1.29, 1.82) is 0 Å². The lowest BCUT2D eigenvalue weighted by molar-refractivity contribution is -0.112. The lowest BCUT2D eigenvalue weighted by atomic mass is 10.0. The van der Waals surface area contributed by atoms with Gasteiger partial charge in [0.05, 0.1) is 6.10 Å². The highest BCUT2D eigenvalue weighted by atomic mass is 35.5. The summed E-state index contributed by atoms with van der Waals surface area (Å²) in [6, 6.07) is 0. The number of carbonyl (C=O) groups excluding carboxylic acids is 2. The average molecular weight is 453 g/mol. The van der Waals surface area contributed by atoms with Gasteiger partial charge in [0.1, 0.15) is 0 Å². The molecule has 6 heteroatoms. The number of hydrogen-bond donors (Lipinski definition) is 0. The topological polar surface area (TPSA) is 46.6 Å². The van der Waals surface area contributed by atoms with Crippen LogP contribution in [0, 0.1) is 0 Å². The molecule has 0 saturated heterocycles. The van der Waals surface area contributed by atoms with Gasteiger partial charge in [-0.15, -0.1) is 0 Å². The summed E-state index contributed by atoms with van der Waals surface area (Å²) in [6.07, 6.45) is 17.0. The van der Waals surface area contributed by atoms with Crippen LogP contribution in [0.25, 0.3) is 0 Å². The van der Waals surface area contributed by atoms with E-state index in [1.54, 1.807) is 0 Å². The van der Waals surface area contributed by atoms with Crippen LogP contribution in [-0.2, 0) is 14.3 Å². The van der Waals surface area contributed by atoms with E-state index in [1.807, 2.05) is 0 Å². The molecule has 0 aliphatic rings. The Morgan fingerprint density at radius 3 is 1.59 bits per heavy atom. The number of nitrogens with zero attached hydrogens (tertiary/aromatic N) is 1. The number of carbonyl (C=O) groups is 2. The molecule has 0 aliphatic carbocycles. The number of rotatable bonds is 22. The van der Waals surface area contributed by atoms with Crippen LogP contribution < -0.4 is 0 Å². The second kappa shape index (κ2) is 21.1. The van der Waals surface area contributed by atoms with Gasteiger partial charge >= 0.3 is 0 Å². The summed E-state index contributed by atoms with van der Waals surface area (Å²) < 4.78 is 6.20. The number of hydrogen-bond acceptors (Lipinski definition) is 4. The Kier molecular flexibility index (Phi) is 21.0. The van der Waals surface area contributed by atoms with Gasteiger partial charge in [0, 0.05) is 19.4 Å². The molecule has 0 aromatic carbocycles. The molecule has 0 amide bonds. The van der Waals surface area contributed by atoms with Crippen molar-refractivity contribution in [3.05, 3.63) is 0 Å². The number of unbranched alkanes of at least 4 members (excludes halogenated alkanes) is 9. The van der Waals surface area contributed by atoms with Gasteiger partial charge in [0.25, 0.3) is 0 Å². The quantitative estimate of drug-likeness (QED) is 0.135. The Bertz CT molecular complexity index is 378. The fourth-order valence-electron chi connectivity index (χ4n) is 3.42. The molecule has 0 aliphatic heterocycles. The molecule has 0 atom stereocenters. The van der Waals surface area contributed by atoms with Crippen molar-refractivity contribution in [3.63, 3.8) is 0 Å². The summed E-state index contributed by atoms with van der Waals surface area (Å²) in [5.41, 5.74) is 0. The van der Waals surface area contributed by atoms with Crippen molar-refractivity contribution in [2.75, 3.05) is 27.2 Å². The second-order valence-electron chi connectivity index (χ2n) is 8.33. The summed E-state index contributed by atoms with van der Waals surface area (Å²) in [5, 5.41) is -0.441. The van der Waals surface area contributed by atoms with Crippen molar-refractivity contribution >= 4 is 33.7 Å². The van der Waals surface area contributed by atoms with Crippen LogP contribution in [-0.4, -0.2) is 48.7 Å². The molecule has 0 fully saturated rings. The van der Waals surface area contributed by atoms with Crippen LogP contribution in [0.15, 0.2) is 0 Å². The van der Waals surface area contributed by atoms with Crippen LogP contribution >= 0.6 is 23.2 Å². The molecule has 4 nitrogen and oxygen atoms in total. The SMILES string of the molecule is CN(C)CCCCOC(CCCCCCCC(=O)Cl)CCCCCCCC(=O)Cl. The van der Waals surface area contributed by atoms with E-state index in [-0.39, 0.29) is 10.5 Å². The Labute approximate surface area is 189 Å². The smallest absolute Gasteiger partial charge is 0.221 e. The third-order valence-electron chi connectivity index (χ3n) is 5.15. The monoisotopic (exact) mass is 451 g/mol. The highest BCUT2D eigenvalue weighted by Gasteiger charge is 2.09. The third kappa shape index (κ3) is 24.0. The number of ether oxygens (including phenoxy) is 1. The Morgan fingerprint density at radius 2 is 1.14 bits per heavy atom. The predicted molar refractivity (Wildman–Crippen MR) is 124 cm³/mol. The zero-order chi connectivity index (χ0) is 21.7. The highest BCUT2D eigenvalue weighted by Crippen LogP contribution is 2.17. The fourth-order valence-corrected chi connectivity index (χ4v) is 3.69. The Balaban J connectivity index is 3.90. The van der Waals surface area contributed by atoms with Crippen molar-refractivity contribution in [3.8, 4) is 0 Å². The first-order chi connectivity index (χ1) is 13.9. The average Bonchev–Trinajstić information content (AvgIpc) is 2.64. The molecule has 172 valence electrons. The first-order valence-electron chi connectivity index (χ1n) is 11.5. The normalized spacial score (nSPS) is 11.5. The van der Waals surface area contributed by atoms with Gasteiger partial charge in [-0.25, -0.2) is 0 Å². The predicted octanol–water partition coefficient (Wildman–Crippen LogP) is 6.71. The molecule has 0 aromatic rings. The van der Waals surface area contributed by atoms with Gasteiger partial charge < -0.3 is 9.64 Å². The molecule has 0 aromatic heterocycles. The van der Waals surface area contributed by atoms with Crippen LogP contribution in [0.1, 0.15) is 103 Å². The molecule has 0 unspecified atom stereocenters. The van der Waals surface area contributed by atoms with E-state index in [2.05, 4.69) is 19.0 Å². The maximum absolute atomic E-state index is 10.7. The van der Waals surface area contributed by atoms with Crippen LogP contribution in [0.5, 0.6) is 0 Å². The zero-order valence-electron chi connectivity index (χ0n) is 18.7. The lowest BCUT2D eigenvalue weighted by Gasteiger charge is -2.18. The summed E-state index contributed by atoms with van der Waals surface area (Å²) in [7, 11) is 4.21. The van der Waals surface area contributed by atoms with Gasteiger partial charge in [-0.1, -0.05) is 51.4 Å². The van der Waals surface area contributed by atoms with Gasteiger partial charge in [0.2, 0.25) is 10.5 Å². The Hall–Kier alpha value is -0.160. The zero-order valence-corrected chi connectivity index (χ0v) is 20.2. The van der Waals surface area contributed by atoms with E-state index in [4.69, 9.17) is 27.9 Å². The van der Waals surface area contributed by atoms with Gasteiger partial charge in [-0.3, -0.25) is 9.59 Å². The van der Waals surface area contributed by atoms with E-state index in [1.165, 1.54) is 44.9 Å². The third-order valence-corrected chi connectivity index (χ3v) is 5.53. The summed E-state index contributed by atoms with van der Waals surface area (Å²) >= 11 is 10.7. The van der Waals surface area contributed by atoms with Crippen LogP contribution in [0.3, 0.4) is 0 Å². The first-order valence-corrected chi connectivity index (χ1v) is 12.3. The van der Waals surface area contributed by atoms with E-state index < -0.39 is 0 Å². The summed E-state index contributed by atoms with van der Waals surface area (Å²) in [5.74, 6) is 0. The molecule has 0 bridgehead atoms. The van der Waals surface area contributed by atoms with Crippen LogP contribution in [0.2, 0.25) is 0 Å².